The number of hydrogen-bond acceptors (Lipinski definition) is 6. The van der Waals surface area contributed by atoms with Crippen molar-refractivity contribution in [3.8, 4) is 11.5 Å². The molecule has 2 heterocycles. The maximum atomic E-state index is 13.2. The Balaban J connectivity index is 1.60. The van der Waals surface area contributed by atoms with Gasteiger partial charge in [0.05, 0.1) is 43.5 Å². The molecule has 0 N–H and O–H groups in total. The van der Waals surface area contributed by atoms with E-state index in [9.17, 15) is 4.79 Å². The number of aromatic nitrogens is 1. The second-order valence-corrected chi connectivity index (χ2v) is 8.00. The number of amides is 1. The number of fused-ring (bicyclic) bond motifs is 1. The molecule has 4 rings (SSSR count). The summed E-state index contributed by atoms with van der Waals surface area (Å²) < 4.78 is 17.3. The van der Waals surface area contributed by atoms with Crippen molar-refractivity contribution in [2.75, 3.05) is 32.3 Å². The molecule has 1 aliphatic heterocycles. The van der Waals surface area contributed by atoms with Crippen molar-refractivity contribution < 1.29 is 19.0 Å². The van der Waals surface area contributed by atoms with Crippen molar-refractivity contribution in [2.24, 2.45) is 0 Å². The van der Waals surface area contributed by atoms with Crippen LogP contribution < -0.4 is 14.4 Å². The first-order chi connectivity index (χ1) is 14.2. The molecule has 152 valence electrons. The molecule has 0 aliphatic carbocycles. The van der Waals surface area contributed by atoms with Crippen molar-refractivity contribution in [2.45, 2.75) is 25.4 Å². The van der Waals surface area contributed by atoms with Crippen LogP contribution in [0.1, 0.15) is 18.4 Å². The van der Waals surface area contributed by atoms with Gasteiger partial charge in [0.25, 0.3) is 0 Å². The Bertz CT molecular complexity index is 980. The van der Waals surface area contributed by atoms with Crippen molar-refractivity contribution >= 4 is 32.6 Å². The molecule has 29 heavy (non-hydrogen) atoms. The van der Waals surface area contributed by atoms with Crippen LogP contribution in [0.2, 0.25) is 0 Å². The van der Waals surface area contributed by atoms with Crippen LogP contribution >= 0.6 is 11.3 Å². The van der Waals surface area contributed by atoms with Crippen molar-refractivity contribution in [3.05, 3.63) is 48.0 Å². The molecular weight excluding hydrogens is 388 g/mol. The van der Waals surface area contributed by atoms with E-state index >= 15 is 0 Å². The van der Waals surface area contributed by atoms with Gasteiger partial charge in [-0.05, 0) is 42.7 Å². The molecule has 1 saturated heterocycles. The average molecular weight is 413 g/mol. The largest absolute Gasteiger partial charge is 0.497 e. The van der Waals surface area contributed by atoms with Gasteiger partial charge in [0.15, 0.2) is 5.13 Å². The fourth-order valence-electron chi connectivity index (χ4n) is 3.43. The minimum absolute atomic E-state index is 0.0108. The summed E-state index contributed by atoms with van der Waals surface area (Å²) in [7, 11) is 3.27. The van der Waals surface area contributed by atoms with Gasteiger partial charge in [0.1, 0.15) is 11.5 Å². The van der Waals surface area contributed by atoms with E-state index in [1.165, 1.54) is 11.3 Å². The zero-order valence-corrected chi connectivity index (χ0v) is 17.4. The van der Waals surface area contributed by atoms with Gasteiger partial charge in [-0.15, -0.1) is 0 Å². The highest BCUT2D eigenvalue weighted by atomic mass is 32.1. The molecule has 1 atom stereocenters. The van der Waals surface area contributed by atoms with E-state index in [1.54, 1.807) is 19.1 Å². The number of hydrogen-bond donors (Lipinski definition) is 0. The third-order valence-electron chi connectivity index (χ3n) is 5.04. The minimum Gasteiger partial charge on any atom is -0.497 e. The third kappa shape index (κ3) is 4.52. The van der Waals surface area contributed by atoms with Gasteiger partial charge in [-0.1, -0.05) is 23.5 Å². The number of nitrogens with zero attached hydrogens (tertiary/aromatic N) is 2. The maximum Gasteiger partial charge on any atom is 0.233 e. The smallest absolute Gasteiger partial charge is 0.233 e. The highest BCUT2D eigenvalue weighted by Gasteiger charge is 2.26. The fourth-order valence-corrected chi connectivity index (χ4v) is 4.40. The lowest BCUT2D eigenvalue weighted by atomic mass is 10.1. The lowest BCUT2D eigenvalue weighted by molar-refractivity contribution is -0.118. The van der Waals surface area contributed by atoms with Crippen LogP contribution in [0.5, 0.6) is 11.5 Å². The van der Waals surface area contributed by atoms with E-state index < -0.39 is 0 Å². The van der Waals surface area contributed by atoms with Crippen LogP contribution in [0.15, 0.2) is 42.5 Å². The topological polar surface area (TPSA) is 60.9 Å². The molecule has 0 bridgehead atoms. The quantitative estimate of drug-likeness (QED) is 0.585. The molecule has 0 radical (unpaired) electrons. The molecule has 1 fully saturated rings. The Morgan fingerprint density at radius 1 is 1.17 bits per heavy atom. The van der Waals surface area contributed by atoms with Crippen LogP contribution in [0.3, 0.4) is 0 Å². The fraction of sp³-hybridized carbons (Fsp3) is 0.364. The molecule has 0 spiro atoms. The number of benzene rings is 2. The lowest BCUT2D eigenvalue weighted by Gasteiger charge is -2.23. The van der Waals surface area contributed by atoms with Gasteiger partial charge in [0.2, 0.25) is 5.91 Å². The number of carbonyl (C=O) groups is 1. The second-order valence-electron chi connectivity index (χ2n) is 6.99. The summed E-state index contributed by atoms with van der Waals surface area (Å²) in [4.78, 5) is 19.7. The zero-order chi connectivity index (χ0) is 20.2. The van der Waals surface area contributed by atoms with Crippen LogP contribution in [-0.4, -0.2) is 44.4 Å². The summed E-state index contributed by atoms with van der Waals surface area (Å²) in [5.74, 6) is 1.54. The Kier molecular flexibility index (Phi) is 5.97. The minimum atomic E-state index is 0.0108. The molecule has 2 aromatic carbocycles. The third-order valence-corrected chi connectivity index (χ3v) is 6.10. The standard InChI is InChI=1S/C22H24N2O4S/c1-26-16-7-5-15(6-8-16)12-21(25)24(14-18-4-3-11-28-18)22-23-19-13-17(27-2)9-10-20(19)29-22/h5-10,13,18H,3-4,11-12,14H2,1-2H3/t18-/m0/s1. The molecule has 6 nitrogen and oxygen atoms in total. The van der Waals surface area contributed by atoms with Crippen LogP contribution in [-0.2, 0) is 16.0 Å². The lowest BCUT2D eigenvalue weighted by Crippen LogP contribution is -2.38. The number of ether oxygens (including phenoxy) is 3. The van der Waals surface area contributed by atoms with Crippen LogP contribution in [0.25, 0.3) is 10.2 Å². The average Bonchev–Trinajstić information content (AvgIpc) is 3.41. The Hall–Kier alpha value is -2.64. The molecule has 0 saturated carbocycles. The summed E-state index contributed by atoms with van der Waals surface area (Å²) >= 11 is 1.52. The van der Waals surface area contributed by atoms with Crippen LogP contribution in [0.4, 0.5) is 5.13 Å². The first kappa shape index (κ1) is 19.7. The monoisotopic (exact) mass is 412 g/mol. The van der Waals surface area contributed by atoms with Gasteiger partial charge >= 0.3 is 0 Å². The second kappa shape index (κ2) is 8.80. The van der Waals surface area contributed by atoms with Crippen molar-refractivity contribution in [1.29, 1.82) is 0 Å². The van der Waals surface area contributed by atoms with E-state index in [0.29, 0.717) is 18.1 Å². The number of methoxy groups -OCH3 is 2. The van der Waals surface area contributed by atoms with E-state index in [-0.39, 0.29) is 12.0 Å². The summed E-state index contributed by atoms with van der Waals surface area (Å²) in [6.45, 7) is 1.27. The Labute approximate surface area is 174 Å². The number of rotatable bonds is 7. The Morgan fingerprint density at radius 2 is 1.93 bits per heavy atom. The molecule has 0 unspecified atom stereocenters. The van der Waals surface area contributed by atoms with Gasteiger partial charge in [0, 0.05) is 12.7 Å². The number of thiazole rings is 1. The van der Waals surface area contributed by atoms with Crippen molar-refractivity contribution in [3.63, 3.8) is 0 Å². The molecular formula is C22H24N2O4S. The number of carbonyl (C=O) groups excluding carboxylic acids is 1. The van der Waals surface area contributed by atoms with E-state index in [1.807, 2.05) is 42.5 Å². The molecule has 3 aromatic rings. The predicted octanol–water partition coefficient (Wildman–Crippen LogP) is 4.07. The number of anilines is 1. The normalized spacial score (nSPS) is 16.1. The van der Waals surface area contributed by atoms with Crippen molar-refractivity contribution in [1.82, 2.24) is 4.98 Å². The summed E-state index contributed by atoms with van der Waals surface area (Å²) in [5, 5.41) is 0.697. The summed E-state index contributed by atoms with van der Waals surface area (Å²) in [6.07, 6.45) is 2.35. The highest BCUT2D eigenvalue weighted by Crippen LogP contribution is 2.32. The molecule has 1 aromatic heterocycles. The predicted molar refractivity (Wildman–Crippen MR) is 114 cm³/mol. The zero-order valence-electron chi connectivity index (χ0n) is 16.6. The van der Waals surface area contributed by atoms with E-state index in [0.717, 1.165) is 46.7 Å². The molecule has 7 heteroatoms. The maximum absolute atomic E-state index is 13.2. The molecule has 1 aliphatic rings. The Morgan fingerprint density at radius 3 is 2.62 bits per heavy atom. The van der Waals surface area contributed by atoms with Gasteiger partial charge in [-0.25, -0.2) is 4.98 Å². The van der Waals surface area contributed by atoms with Gasteiger partial charge in [-0.2, -0.15) is 0 Å². The first-order valence-corrected chi connectivity index (χ1v) is 10.5. The van der Waals surface area contributed by atoms with Gasteiger partial charge in [-0.3, -0.25) is 9.69 Å². The first-order valence-electron chi connectivity index (χ1n) is 9.66. The van der Waals surface area contributed by atoms with E-state index in [2.05, 4.69) is 0 Å². The van der Waals surface area contributed by atoms with E-state index in [4.69, 9.17) is 19.2 Å². The SMILES string of the molecule is COc1ccc(CC(=O)N(C[C@@H]2CCCO2)c2nc3cc(OC)ccc3s2)cc1. The highest BCUT2D eigenvalue weighted by molar-refractivity contribution is 7.22. The van der Waals surface area contributed by atoms with Gasteiger partial charge < -0.3 is 14.2 Å². The molecule has 1 amide bonds. The summed E-state index contributed by atoms with van der Waals surface area (Å²) in [6, 6.07) is 13.4. The van der Waals surface area contributed by atoms with Crippen LogP contribution in [0, 0.1) is 0 Å². The summed E-state index contributed by atoms with van der Waals surface area (Å²) in [5.41, 5.74) is 1.77.